The summed E-state index contributed by atoms with van der Waals surface area (Å²) in [7, 11) is -0.641. The van der Waals surface area contributed by atoms with E-state index in [9.17, 15) is 8.42 Å². The molecule has 2 atom stereocenters. The van der Waals surface area contributed by atoms with Gasteiger partial charge in [0.1, 0.15) is 0 Å². The first kappa shape index (κ1) is 13.3. The maximum atomic E-state index is 11.6. The molecule has 2 aliphatic heterocycles. The zero-order valence-electron chi connectivity index (χ0n) is 10.9. The number of nitrogens with one attached hydrogen (secondary N) is 1. The molecule has 2 unspecified atom stereocenters. The van der Waals surface area contributed by atoms with E-state index in [4.69, 9.17) is 0 Å². The summed E-state index contributed by atoms with van der Waals surface area (Å²) in [6.45, 7) is 4.33. The summed E-state index contributed by atoms with van der Waals surface area (Å²) < 4.78 is 23.1. The second kappa shape index (κ2) is 4.86. The Labute approximate surface area is 105 Å². The second-order valence-corrected chi connectivity index (χ2v) is 8.16. The Kier molecular flexibility index (Phi) is 3.80. The third kappa shape index (κ3) is 3.66. The maximum absolute atomic E-state index is 11.6. The monoisotopic (exact) mass is 260 g/mol. The van der Waals surface area contributed by atoms with Gasteiger partial charge in [0.05, 0.1) is 11.5 Å². The third-order valence-corrected chi connectivity index (χ3v) is 5.91. The molecule has 0 saturated carbocycles. The van der Waals surface area contributed by atoms with E-state index in [1.807, 2.05) is 0 Å². The van der Waals surface area contributed by atoms with Crippen molar-refractivity contribution < 1.29 is 8.42 Å². The molecule has 1 N–H and O–H groups in total. The van der Waals surface area contributed by atoms with Crippen LogP contribution in [0, 0.1) is 0 Å². The first-order valence-electron chi connectivity index (χ1n) is 6.55. The van der Waals surface area contributed by atoms with E-state index >= 15 is 0 Å². The van der Waals surface area contributed by atoms with Gasteiger partial charge in [-0.25, -0.2) is 8.42 Å². The van der Waals surface area contributed by atoms with E-state index in [-0.39, 0.29) is 5.54 Å². The molecule has 4 nitrogen and oxygen atoms in total. The molecule has 5 heteroatoms. The molecule has 0 radical (unpaired) electrons. The summed E-state index contributed by atoms with van der Waals surface area (Å²) in [6.07, 6.45) is 4.27. The number of hydrogen-bond acceptors (Lipinski definition) is 4. The van der Waals surface area contributed by atoms with Gasteiger partial charge in [0, 0.05) is 11.6 Å². The van der Waals surface area contributed by atoms with Crippen molar-refractivity contribution in [3.05, 3.63) is 0 Å². The Balaban J connectivity index is 1.92. The van der Waals surface area contributed by atoms with Crippen LogP contribution >= 0.6 is 0 Å². The Morgan fingerprint density at radius 3 is 2.71 bits per heavy atom. The lowest BCUT2D eigenvalue weighted by atomic mass is 9.98. The highest BCUT2D eigenvalue weighted by atomic mass is 32.2. The van der Waals surface area contributed by atoms with Gasteiger partial charge in [-0.1, -0.05) is 0 Å². The normalized spacial score (nSPS) is 39.1. The van der Waals surface area contributed by atoms with Crippen molar-refractivity contribution in [1.29, 1.82) is 0 Å². The quantitative estimate of drug-likeness (QED) is 0.791. The molecule has 2 heterocycles. The summed E-state index contributed by atoms with van der Waals surface area (Å²) in [4.78, 5) is 2.36. The molecule has 0 aliphatic carbocycles. The molecule has 17 heavy (non-hydrogen) atoms. The fourth-order valence-electron chi connectivity index (χ4n) is 3.00. The first-order valence-corrected chi connectivity index (χ1v) is 8.37. The van der Waals surface area contributed by atoms with E-state index in [0.717, 1.165) is 25.9 Å². The van der Waals surface area contributed by atoms with Crippen molar-refractivity contribution in [1.82, 2.24) is 10.2 Å². The lowest BCUT2D eigenvalue weighted by Crippen LogP contribution is -2.49. The van der Waals surface area contributed by atoms with Gasteiger partial charge in [-0.2, -0.15) is 0 Å². The lowest BCUT2D eigenvalue weighted by Gasteiger charge is -2.30. The molecule has 2 aliphatic rings. The summed E-state index contributed by atoms with van der Waals surface area (Å²) in [5.41, 5.74) is -0.188. The van der Waals surface area contributed by atoms with E-state index < -0.39 is 9.84 Å². The summed E-state index contributed by atoms with van der Waals surface area (Å²) >= 11 is 0. The minimum atomic E-state index is -2.80. The maximum Gasteiger partial charge on any atom is 0.152 e. The molecule has 2 saturated heterocycles. The molecule has 2 fully saturated rings. The van der Waals surface area contributed by atoms with Gasteiger partial charge in [-0.3, -0.25) is 0 Å². The van der Waals surface area contributed by atoms with Gasteiger partial charge in [0.15, 0.2) is 9.84 Å². The number of nitrogens with zero attached hydrogens (tertiary/aromatic N) is 1. The van der Waals surface area contributed by atoms with Crippen LogP contribution in [0.25, 0.3) is 0 Å². The van der Waals surface area contributed by atoms with Crippen LogP contribution in [0.2, 0.25) is 0 Å². The van der Waals surface area contributed by atoms with Gasteiger partial charge in [-0.15, -0.1) is 0 Å². The smallest absolute Gasteiger partial charge is 0.152 e. The fraction of sp³-hybridized carbons (Fsp3) is 1.00. The zero-order chi connectivity index (χ0) is 12.5. The van der Waals surface area contributed by atoms with E-state index in [2.05, 4.69) is 24.2 Å². The molecule has 2 rings (SSSR count). The van der Waals surface area contributed by atoms with Crippen LogP contribution in [-0.2, 0) is 9.84 Å². The Morgan fingerprint density at radius 1 is 1.29 bits per heavy atom. The van der Waals surface area contributed by atoms with Crippen molar-refractivity contribution in [2.24, 2.45) is 0 Å². The summed E-state index contributed by atoms with van der Waals surface area (Å²) in [5.74, 6) is 0.662. The molecule has 0 bridgehead atoms. The minimum Gasteiger partial charge on any atom is -0.308 e. The molecular formula is C12H24N2O2S. The Hall–Kier alpha value is -0.130. The number of sulfone groups is 1. The van der Waals surface area contributed by atoms with Crippen molar-refractivity contribution in [2.75, 3.05) is 31.6 Å². The first-order chi connectivity index (χ1) is 7.89. The van der Waals surface area contributed by atoms with Crippen LogP contribution in [0.1, 0.15) is 32.6 Å². The molecule has 0 spiro atoms. The van der Waals surface area contributed by atoms with E-state index in [1.165, 1.54) is 12.8 Å². The second-order valence-electron chi connectivity index (χ2n) is 5.98. The van der Waals surface area contributed by atoms with Crippen molar-refractivity contribution in [3.8, 4) is 0 Å². The largest absolute Gasteiger partial charge is 0.308 e. The van der Waals surface area contributed by atoms with Crippen LogP contribution in [0.4, 0.5) is 0 Å². The van der Waals surface area contributed by atoms with Crippen LogP contribution in [-0.4, -0.2) is 56.5 Å². The predicted molar refractivity (Wildman–Crippen MR) is 69.9 cm³/mol. The molecule has 100 valence electrons. The van der Waals surface area contributed by atoms with Gasteiger partial charge in [0.25, 0.3) is 0 Å². The molecular weight excluding hydrogens is 236 g/mol. The van der Waals surface area contributed by atoms with Gasteiger partial charge in [0.2, 0.25) is 0 Å². The minimum absolute atomic E-state index is 0.188. The SMILES string of the molecule is CN1CCCC(NC2(C)CCS(=O)(=O)C2)CC1. The predicted octanol–water partition coefficient (Wildman–Crippen LogP) is 0.638. The summed E-state index contributed by atoms with van der Waals surface area (Å²) in [6, 6.07) is 0.484. The number of rotatable bonds is 2. The van der Waals surface area contributed by atoms with Crippen LogP contribution in [0.5, 0.6) is 0 Å². The highest BCUT2D eigenvalue weighted by Gasteiger charge is 2.39. The van der Waals surface area contributed by atoms with Crippen molar-refractivity contribution >= 4 is 9.84 Å². The van der Waals surface area contributed by atoms with E-state index in [1.54, 1.807) is 0 Å². The highest BCUT2D eigenvalue weighted by Crippen LogP contribution is 2.25. The van der Waals surface area contributed by atoms with Crippen LogP contribution < -0.4 is 5.32 Å². The molecule has 0 aromatic carbocycles. The lowest BCUT2D eigenvalue weighted by molar-refractivity contribution is 0.308. The van der Waals surface area contributed by atoms with Crippen LogP contribution in [0.3, 0.4) is 0 Å². The molecule has 0 aromatic heterocycles. The number of likely N-dealkylation sites (tertiary alicyclic amines) is 1. The van der Waals surface area contributed by atoms with Gasteiger partial charge >= 0.3 is 0 Å². The van der Waals surface area contributed by atoms with Crippen LogP contribution in [0.15, 0.2) is 0 Å². The van der Waals surface area contributed by atoms with Gasteiger partial charge < -0.3 is 10.2 Å². The summed E-state index contributed by atoms with van der Waals surface area (Å²) in [5, 5.41) is 3.60. The van der Waals surface area contributed by atoms with E-state index in [0.29, 0.717) is 17.5 Å². The Morgan fingerprint density at radius 2 is 2.06 bits per heavy atom. The highest BCUT2D eigenvalue weighted by molar-refractivity contribution is 7.91. The van der Waals surface area contributed by atoms with Crippen molar-refractivity contribution in [3.63, 3.8) is 0 Å². The van der Waals surface area contributed by atoms with Crippen molar-refractivity contribution in [2.45, 2.75) is 44.2 Å². The average Bonchev–Trinajstić information content (AvgIpc) is 2.37. The molecule has 0 amide bonds. The van der Waals surface area contributed by atoms with Gasteiger partial charge in [-0.05, 0) is 52.7 Å². The topological polar surface area (TPSA) is 49.4 Å². The third-order valence-electron chi connectivity index (χ3n) is 4.01. The fourth-order valence-corrected chi connectivity index (χ4v) is 5.11. The molecule has 0 aromatic rings. The number of hydrogen-bond donors (Lipinski definition) is 1. The zero-order valence-corrected chi connectivity index (χ0v) is 11.7. The Bertz CT molecular complexity index is 369. The average molecular weight is 260 g/mol. The standard InChI is InChI=1S/C12H24N2O2S/c1-12(6-9-17(15,16)10-12)13-11-4-3-7-14(2)8-5-11/h11,13H,3-10H2,1-2H3.